The molecule has 1 unspecified atom stereocenters. The zero-order chi connectivity index (χ0) is 14.8. The van der Waals surface area contributed by atoms with Gasteiger partial charge in [-0.2, -0.15) is 0 Å². The highest BCUT2D eigenvalue weighted by atomic mass is 16.3. The lowest BCUT2D eigenvalue weighted by atomic mass is 9.54. The summed E-state index contributed by atoms with van der Waals surface area (Å²) in [6.45, 7) is 2.21. The minimum atomic E-state index is -0.348. The Morgan fingerprint density at radius 1 is 1.14 bits per heavy atom. The number of phenolic OH excluding ortho intramolecular Hbond substituents is 1. The van der Waals surface area contributed by atoms with Gasteiger partial charge in [-0.05, 0) is 78.5 Å². The van der Waals surface area contributed by atoms with Crippen LogP contribution in [0.1, 0.15) is 49.7 Å². The van der Waals surface area contributed by atoms with E-state index in [-0.39, 0.29) is 29.3 Å². The molecular formula is C18H24O3. The SMILES string of the molecule is C[C@]12CC[C@@H]3c4ccc(O)cc4CC(O)[C@H]3[C@@H]1CC[C@H]2O. The lowest BCUT2D eigenvalue weighted by Gasteiger charge is -2.51. The third kappa shape index (κ3) is 1.80. The number of hydrogen-bond acceptors (Lipinski definition) is 3. The van der Waals surface area contributed by atoms with Crippen LogP contribution in [0.15, 0.2) is 18.2 Å². The number of hydrogen-bond donors (Lipinski definition) is 3. The summed E-state index contributed by atoms with van der Waals surface area (Å²) in [4.78, 5) is 0. The van der Waals surface area contributed by atoms with Gasteiger partial charge in [0.25, 0.3) is 0 Å². The molecule has 0 saturated heterocycles. The van der Waals surface area contributed by atoms with E-state index in [4.69, 9.17) is 0 Å². The molecule has 3 N–H and O–H groups in total. The normalized spacial score (nSPS) is 44.8. The molecule has 0 aromatic heterocycles. The van der Waals surface area contributed by atoms with E-state index in [1.54, 1.807) is 6.07 Å². The number of aliphatic hydroxyl groups is 2. The van der Waals surface area contributed by atoms with Crippen molar-refractivity contribution >= 4 is 0 Å². The standard InChI is InChI=1S/C18H24O3/c1-18-7-6-13-12-3-2-11(19)8-10(12)9-15(20)17(13)14(18)4-5-16(18)21/h2-3,8,13-17,19-21H,4-7,9H2,1H3/t13-,14+,15?,16-,17-,18+/m1/s1. The average Bonchev–Trinajstić information content (AvgIpc) is 2.74. The van der Waals surface area contributed by atoms with Crippen LogP contribution in [0.3, 0.4) is 0 Å². The largest absolute Gasteiger partial charge is 0.508 e. The summed E-state index contributed by atoms with van der Waals surface area (Å²) in [6.07, 6.45) is 4.05. The molecule has 1 aromatic rings. The Kier molecular flexibility index (Phi) is 2.89. The molecule has 0 radical (unpaired) electrons. The molecule has 3 nitrogen and oxygen atoms in total. The van der Waals surface area contributed by atoms with E-state index in [0.717, 1.165) is 31.2 Å². The fourth-order valence-corrected chi connectivity index (χ4v) is 5.56. The van der Waals surface area contributed by atoms with Gasteiger partial charge < -0.3 is 15.3 Å². The Bertz CT molecular complexity index is 570. The fraction of sp³-hybridized carbons (Fsp3) is 0.667. The van der Waals surface area contributed by atoms with Gasteiger partial charge in [0.1, 0.15) is 5.75 Å². The highest BCUT2D eigenvalue weighted by Crippen LogP contribution is 2.60. The molecule has 0 amide bonds. The van der Waals surface area contributed by atoms with Crippen LogP contribution in [0.4, 0.5) is 0 Å². The smallest absolute Gasteiger partial charge is 0.115 e. The van der Waals surface area contributed by atoms with Gasteiger partial charge in [0, 0.05) is 0 Å². The Labute approximate surface area is 125 Å². The van der Waals surface area contributed by atoms with Crippen molar-refractivity contribution in [3.63, 3.8) is 0 Å². The summed E-state index contributed by atoms with van der Waals surface area (Å²) in [5.41, 5.74) is 2.40. The molecule has 21 heavy (non-hydrogen) atoms. The predicted molar refractivity (Wildman–Crippen MR) is 80.1 cm³/mol. The molecule has 0 heterocycles. The van der Waals surface area contributed by atoms with Crippen molar-refractivity contribution in [2.24, 2.45) is 17.3 Å². The van der Waals surface area contributed by atoms with Gasteiger partial charge in [0.05, 0.1) is 12.2 Å². The number of phenols is 1. The minimum absolute atomic E-state index is 0.0173. The Morgan fingerprint density at radius 3 is 2.76 bits per heavy atom. The van der Waals surface area contributed by atoms with Crippen molar-refractivity contribution in [3.05, 3.63) is 29.3 Å². The Morgan fingerprint density at radius 2 is 1.95 bits per heavy atom. The lowest BCUT2D eigenvalue weighted by Crippen LogP contribution is -2.49. The van der Waals surface area contributed by atoms with E-state index in [0.29, 0.717) is 18.3 Å². The van der Waals surface area contributed by atoms with Crippen molar-refractivity contribution < 1.29 is 15.3 Å². The van der Waals surface area contributed by atoms with Crippen molar-refractivity contribution in [2.75, 3.05) is 0 Å². The van der Waals surface area contributed by atoms with Gasteiger partial charge >= 0.3 is 0 Å². The summed E-state index contributed by atoms with van der Waals surface area (Å²) >= 11 is 0. The Hall–Kier alpha value is -1.06. The molecule has 0 aliphatic heterocycles. The van der Waals surface area contributed by atoms with Crippen LogP contribution in [0.25, 0.3) is 0 Å². The molecule has 114 valence electrons. The molecule has 4 rings (SSSR count). The van der Waals surface area contributed by atoms with Crippen LogP contribution in [-0.4, -0.2) is 27.5 Å². The van der Waals surface area contributed by atoms with Crippen molar-refractivity contribution in [3.8, 4) is 5.75 Å². The van der Waals surface area contributed by atoms with E-state index in [9.17, 15) is 15.3 Å². The first-order valence-corrected chi connectivity index (χ1v) is 8.18. The number of fused-ring (bicyclic) bond motifs is 5. The third-order valence-electron chi connectivity index (χ3n) is 6.68. The molecule has 1 aromatic carbocycles. The van der Waals surface area contributed by atoms with E-state index < -0.39 is 0 Å². The van der Waals surface area contributed by atoms with Gasteiger partial charge in [0.15, 0.2) is 0 Å². The summed E-state index contributed by atoms with van der Waals surface area (Å²) in [6, 6.07) is 5.62. The van der Waals surface area contributed by atoms with Gasteiger partial charge in [-0.25, -0.2) is 0 Å². The van der Waals surface area contributed by atoms with Gasteiger partial charge in [-0.1, -0.05) is 13.0 Å². The third-order valence-corrected chi connectivity index (χ3v) is 6.68. The van der Waals surface area contributed by atoms with E-state index in [2.05, 4.69) is 6.92 Å². The number of aliphatic hydroxyl groups excluding tert-OH is 2. The quantitative estimate of drug-likeness (QED) is 0.687. The summed E-state index contributed by atoms with van der Waals surface area (Å²) in [5.74, 6) is 1.35. The first-order chi connectivity index (χ1) is 10.0. The molecule has 6 atom stereocenters. The zero-order valence-corrected chi connectivity index (χ0v) is 12.5. The number of rotatable bonds is 0. The highest BCUT2D eigenvalue weighted by molar-refractivity contribution is 5.41. The fourth-order valence-electron chi connectivity index (χ4n) is 5.56. The number of aromatic hydroxyl groups is 1. The first-order valence-electron chi connectivity index (χ1n) is 8.18. The van der Waals surface area contributed by atoms with Crippen molar-refractivity contribution in [1.29, 1.82) is 0 Å². The summed E-state index contributed by atoms with van der Waals surface area (Å²) in [5, 5.41) is 30.8. The molecule has 2 saturated carbocycles. The topological polar surface area (TPSA) is 60.7 Å². The predicted octanol–water partition coefficient (Wildman–Crippen LogP) is 2.58. The lowest BCUT2D eigenvalue weighted by molar-refractivity contribution is -0.0627. The van der Waals surface area contributed by atoms with Crippen LogP contribution in [0.5, 0.6) is 5.75 Å². The van der Waals surface area contributed by atoms with E-state index in [1.165, 1.54) is 5.56 Å². The van der Waals surface area contributed by atoms with Crippen LogP contribution < -0.4 is 0 Å². The molecule has 0 spiro atoms. The summed E-state index contributed by atoms with van der Waals surface area (Å²) < 4.78 is 0. The molecule has 3 aliphatic rings. The van der Waals surface area contributed by atoms with Gasteiger partial charge in [0.2, 0.25) is 0 Å². The molecule has 0 bridgehead atoms. The van der Waals surface area contributed by atoms with Gasteiger partial charge in [-0.3, -0.25) is 0 Å². The first kappa shape index (κ1) is 13.6. The molecule has 3 aliphatic carbocycles. The Balaban J connectivity index is 1.76. The molecule has 3 heteroatoms. The second kappa shape index (κ2) is 4.47. The maximum absolute atomic E-state index is 10.7. The minimum Gasteiger partial charge on any atom is -0.508 e. The highest BCUT2D eigenvalue weighted by Gasteiger charge is 2.56. The second-order valence-electron chi connectivity index (χ2n) is 7.58. The zero-order valence-electron chi connectivity index (χ0n) is 12.5. The summed E-state index contributed by atoms with van der Waals surface area (Å²) in [7, 11) is 0. The maximum Gasteiger partial charge on any atom is 0.115 e. The second-order valence-corrected chi connectivity index (χ2v) is 7.58. The molecule has 2 fully saturated rings. The molecular weight excluding hydrogens is 264 g/mol. The number of benzene rings is 1. The van der Waals surface area contributed by atoms with Crippen molar-refractivity contribution in [2.45, 2.75) is 57.2 Å². The monoisotopic (exact) mass is 288 g/mol. The van der Waals surface area contributed by atoms with Crippen molar-refractivity contribution in [1.82, 2.24) is 0 Å². The van der Waals surface area contributed by atoms with E-state index in [1.807, 2.05) is 12.1 Å². The van der Waals surface area contributed by atoms with Gasteiger partial charge in [-0.15, -0.1) is 0 Å². The van der Waals surface area contributed by atoms with Crippen LogP contribution in [-0.2, 0) is 6.42 Å². The van der Waals surface area contributed by atoms with Crippen LogP contribution in [0.2, 0.25) is 0 Å². The maximum atomic E-state index is 10.7. The van der Waals surface area contributed by atoms with E-state index >= 15 is 0 Å². The van der Waals surface area contributed by atoms with Crippen LogP contribution >= 0.6 is 0 Å². The average molecular weight is 288 g/mol. The van der Waals surface area contributed by atoms with Crippen LogP contribution in [0, 0.1) is 17.3 Å².